The van der Waals surface area contributed by atoms with Crippen LogP contribution in [0.5, 0.6) is 0 Å². The molecule has 11 heavy (non-hydrogen) atoms. The summed E-state index contributed by atoms with van der Waals surface area (Å²) in [6.45, 7) is 4.19. The van der Waals surface area contributed by atoms with Crippen LogP contribution >= 0.6 is 35.3 Å². The van der Waals surface area contributed by atoms with Crippen LogP contribution < -0.4 is 0 Å². The van der Waals surface area contributed by atoms with Crippen molar-refractivity contribution in [2.24, 2.45) is 0 Å². The Balaban J connectivity index is 3.68. The number of thioether (sulfide) groups is 3. The van der Waals surface area contributed by atoms with Crippen LogP contribution in [-0.2, 0) is 0 Å². The van der Waals surface area contributed by atoms with Crippen molar-refractivity contribution in [2.45, 2.75) is 18.1 Å². The van der Waals surface area contributed by atoms with Gasteiger partial charge in [-0.3, -0.25) is 0 Å². The van der Waals surface area contributed by atoms with Crippen LogP contribution in [0.4, 0.5) is 0 Å². The Kier molecular flexibility index (Phi) is 7.12. The van der Waals surface area contributed by atoms with Crippen LogP contribution in [0.3, 0.4) is 0 Å². The molecule has 0 bridgehead atoms. The zero-order chi connectivity index (χ0) is 8.74. The standard InChI is InChI=1S/C7H16OS3/c1-4-10-6-7(8,9-3)11-5-2/h8H,4-6H2,1-3H3. The van der Waals surface area contributed by atoms with E-state index in [1.54, 1.807) is 23.5 Å². The fourth-order valence-electron chi connectivity index (χ4n) is 0.616. The quantitative estimate of drug-likeness (QED) is 0.682. The summed E-state index contributed by atoms with van der Waals surface area (Å²) < 4.78 is -0.560. The highest BCUT2D eigenvalue weighted by Gasteiger charge is 2.24. The minimum absolute atomic E-state index is 0.560. The third-order valence-electron chi connectivity index (χ3n) is 1.18. The van der Waals surface area contributed by atoms with Gasteiger partial charge in [0.25, 0.3) is 0 Å². The molecule has 0 spiro atoms. The van der Waals surface area contributed by atoms with E-state index in [0.29, 0.717) is 0 Å². The highest BCUT2D eigenvalue weighted by Crippen LogP contribution is 2.35. The lowest BCUT2D eigenvalue weighted by molar-refractivity contribution is 0.256. The maximum Gasteiger partial charge on any atom is 0.166 e. The number of aliphatic hydroxyl groups is 1. The molecule has 0 aromatic rings. The summed E-state index contributed by atoms with van der Waals surface area (Å²) in [5, 5.41) is 9.86. The van der Waals surface area contributed by atoms with E-state index in [1.807, 2.05) is 6.26 Å². The van der Waals surface area contributed by atoms with Gasteiger partial charge in [0.1, 0.15) is 0 Å². The summed E-state index contributed by atoms with van der Waals surface area (Å²) in [5.41, 5.74) is 0. The fourth-order valence-corrected chi connectivity index (χ4v) is 3.66. The van der Waals surface area contributed by atoms with E-state index in [0.717, 1.165) is 17.3 Å². The highest BCUT2D eigenvalue weighted by atomic mass is 32.2. The second-order valence-electron chi connectivity index (χ2n) is 1.99. The second kappa shape index (κ2) is 6.52. The van der Waals surface area contributed by atoms with Gasteiger partial charge in [0.15, 0.2) is 4.27 Å². The lowest BCUT2D eigenvalue weighted by atomic mass is 10.8. The van der Waals surface area contributed by atoms with Crippen LogP contribution in [0.1, 0.15) is 13.8 Å². The minimum Gasteiger partial charge on any atom is -0.369 e. The number of hydrogen-bond acceptors (Lipinski definition) is 4. The summed E-state index contributed by atoms with van der Waals surface area (Å²) >= 11 is 4.94. The molecule has 1 nitrogen and oxygen atoms in total. The molecular weight excluding hydrogens is 196 g/mol. The molecule has 0 aliphatic carbocycles. The first-order valence-electron chi connectivity index (χ1n) is 3.67. The minimum atomic E-state index is -0.560. The molecule has 0 radical (unpaired) electrons. The van der Waals surface area contributed by atoms with Crippen molar-refractivity contribution in [3.8, 4) is 0 Å². The molecule has 0 aromatic heterocycles. The third-order valence-corrected chi connectivity index (χ3v) is 5.09. The van der Waals surface area contributed by atoms with Gasteiger partial charge >= 0.3 is 0 Å². The molecular formula is C7H16OS3. The maximum atomic E-state index is 9.86. The summed E-state index contributed by atoms with van der Waals surface area (Å²) in [6.07, 6.45) is 1.96. The normalized spacial score (nSPS) is 16.4. The third kappa shape index (κ3) is 5.28. The predicted octanol–water partition coefficient (Wildman–Crippen LogP) is 2.50. The summed E-state index contributed by atoms with van der Waals surface area (Å²) in [6, 6.07) is 0. The van der Waals surface area contributed by atoms with Crippen molar-refractivity contribution in [1.82, 2.24) is 0 Å². The van der Waals surface area contributed by atoms with E-state index in [9.17, 15) is 5.11 Å². The summed E-state index contributed by atoms with van der Waals surface area (Å²) in [7, 11) is 0. The Labute approximate surface area is 82.1 Å². The van der Waals surface area contributed by atoms with Gasteiger partial charge < -0.3 is 5.11 Å². The molecule has 68 valence electrons. The molecule has 0 heterocycles. The van der Waals surface area contributed by atoms with Crippen LogP contribution in [-0.4, -0.2) is 32.9 Å². The molecule has 1 unspecified atom stereocenters. The van der Waals surface area contributed by atoms with Crippen molar-refractivity contribution in [3.63, 3.8) is 0 Å². The molecule has 0 amide bonds. The van der Waals surface area contributed by atoms with Gasteiger partial charge in [0.2, 0.25) is 0 Å². The molecule has 0 fully saturated rings. The monoisotopic (exact) mass is 212 g/mol. The Morgan fingerprint density at radius 2 is 1.91 bits per heavy atom. The Morgan fingerprint density at radius 1 is 1.27 bits per heavy atom. The van der Waals surface area contributed by atoms with Crippen LogP contribution in [0.15, 0.2) is 0 Å². The fraction of sp³-hybridized carbons (Fsp3) is 1.00. The molecule has 0 aromatic carbocycles. The molecule has 4 heteroatoms. The zero-order valence-corrected chi connectivity index (χ0v) is 9.74. The molecule has 1 N–H and O–H groups in total. The SMILES string of the molecule is CCSCC(O)(SC)SCC. The van der Waals surface area contributed by atoms with E-state index in [4.69, 9.17) is 0 Å². The molecule has 1 atom stereocenters. The van der Waals surface area contributed by atoms with Gasteiger partial charge in [-0.05, 0) is 17.8 Å². The van der Waals surface area contributed by atoms with Crippen LogP contribution in [0.25, 0.3) is 0 Å². The Morgan fingerprint density at radius 3 is 2.27 bits per heavy atom. The van der Waals surface area contributed by atoms with Crippen molar-refractivity contribution in [1.29, 1.82) is 0 Å². The molecule has 0 saturated heterocycles. The smallest absolute Gasteiger partial charge is 0.166 e. The van der Waals surface area contributed by atoms with Crippen molar-refractivity contribution in [3.05, 3.63) is 0 Å². The Bertz CT molecular complexity index is 99.7. The lowest BCUT2D eigenvalue weighted by Gasteiger charge is -2.23. The predicted molar refractivity (Wildman–Crippen MR) is 59.6 cm³/mol. The van der Waals surface area contributed by atoms with Gasteiger partial charge in [-0.2, -0.15) is 11.8 Å². The van der Waals surface area contributed by atoms with E-state index in [-0.39, 0.29) is 0 Å². The first-order chi connectivity index (χ1) is 5.18. The van der Waals surface area contributed by atoms with Gasteiger partial charge in [-0.25, -0.2) is 0 Å². The van der Waals surface area contributed by atoms with E-state index in [2.05, 4.69) is 13.8 Å². The van der Waals surface area contributed by atoms with Crippen LogP contribution in [0, 0.1) is 0 Å². The average molecular weight is 212 g/mol. The molecule has 0 aliphatic rings. The topological polar surface area (TPSA) is 20.2 Å². The van der Waals surface area contributed by atoms with Gasteiger partial charge in [0, 0.05) is 5.75 Å². The van der Waals surface area contributed by atoms with Crippen molar-refractivity contribution in [2.75, 3.05) is 23.5 Å². The molecule has 0 saturated carbocycles. The number of rotatable bonds is 6. The number of hydrogen-bond donors (Lipinski definition) is 1. The lowest BCUT2D eigenvalue weighted by Crippen LogP contribution is -2.22. The highest BCUT2D eigenvalue weighted by molar-refractivity contribution is 8.18. The zero-order valence-electron chi connectivity index (χ0n) is 7.29. The van der Waals surface area contributed by atoms with E-state index in [1.165, 1.54) is 11.8 Å². The average Bonchev–Trinajstić information content (AvgIpc) is 2.02. The van der Waals surface area contributed by atoms with Crippen LogP contribution in [0.2, 0.25) is 0 Å². The maximum absolute atomic E-state index is 9.86. The summed E-state index contributed by atoms with van der Waals surface area (Å²) in [5.74, 6) is 2.87. The molecule has 0 aliphatic heterocycles. The Hall–Kier alpha value is 1.01. The second-order valence-corrected chi connectivity index (χ2v) is 6.14. The van der Waals surface area contributed by atoms with Gasteiger partial charge in [0.05, 0.1) is 0 Å². The molecule has 0 rings (SSSR count). The van der Waals surface area contributed by atoms with E-state index < -0.39 is 4.27 Å². The summed E-state index contributed by atoms with van der Waals surface area (Å²) in [4.78, 5) is 0. The first-order valence-corrected chi connectivity index (χ1v) is 7.04. The van der Waals surface area contributed by atoms with Crippen molar-refractivity contribution >= 4 is 35.3 Å². The first kappa shape index (κ1) is 12.0. The van der Waals surface area contributed by atoms with Crippen molar-refractivity contribution < 1.29 is 5.11 Å². The largest absolute Gasteiger partial charge is 0.369 e. The van der Waals surface area contributed by atoms with Gasteiger partial charge in [-0.1, -0.05) is 13.8 Å². The van der Waals surface area contributed by atoms with E-state index >= 15 is 0 Å². The van der Waals surface area contributed by atoms with Gasteiger partial charge in [-0.15, -0.1) is 23.5 Å².